The van der Waals surface area contributed by atoms with E-state index in [1.54, 1.807) is 0 Å². The predicted molar refractivity (Wildman–Crippen MR) is 209 cm³/mol. The molecule has 0 aliphatic heterocycles. The largest absolute Gasteiger partial charge is 0.464 e. The number of nitrogens with zero attached hydrogens (tertiary/aromatic N) is 1. The highest BCUT2D eigenvalue weighted by Gasteiger charge is 2.15. The highest BCUT2D eigenvalue weighted by Crippen LogP contribution is 2.15. The third kappa shape index (κ3) is 36.5. The minimum absolute atomic E-state index is 0.0140. The van der Waals surface area contributed by atoms with Crippen molar-refractivity contribution < 1.29 is 24.2 Å². The minimum atomic E-state index is -0.138. The van der Waals surface area contributed by atoms with Gasteiger partial charge in [0.2, 0.25) is 0 Å². The van der Waals surface area contributed by atoms with E-state index in [2.05, 4.69) is 13.8 Å². The summed E-state index contributed by atoms with van der Waals surface area (Å²) >= 11 is 0. The van der Waals surface area contributed by atoms with Crippen molar-refractivity contribution in [2.75, 3.05) is 32.9 Å². The number of aliphatic hydroxyl groups excluding tert-OH is 1. The Balaban J connectivity index is 3.67. The van der Waals surface area contributed by atoms with Crippen LogP contribution in [0.2, 0.25) is 0 Å². The maximum Gasteiger partial charge on any atom is 0.305 e. The van der Waals surface area contributed by atoms with Gasteiger partial charge in [0.15, 0.2) is 0 Å². The molecule has 0 radical (unpaired) electrons. The molecule has 0 aliphatic carbocycles. The lowest BCUT2D eigenvalue weighted by Gasteiger charge is -2.27. The molecule has 0 saturated heterocycles. The first-order valence-electron chi connectivity index (χ1n) is 21.7. The van der Waals surface area contributed by atoms with Crippen LogP contribution in [0, 0.1) is 0 Å². The highest BCUT2D eigenvalue weighted by molar-refractivity contribution is 5.69. The Morgan fingerprint density at radius 1 is 0.449 bits per heavy atom. The zero-order valence-corrected chi connectivity index (χ0v) is 33.3. The Morgan fingerprint density at radius 2 is 0.694 bits per heavy atom. The van der Waals surface area contributed by atoms with Gasteiger partial charge in [0.25, 0.3) is 0 Å². The van der Waals surface area contributed by atoms with E-state index in [-0.39, 0.29) is 24.6 Å². The van der Waals surface area contributed by atoms with Gasteiger partial charge >= 0.3 is 11.9 Å². The molecule has 0 aromatic carbocycles. The minimum Gasteiger partial charge on any atom is -0.464 e. The van der Waals surface area contributed by atoms with Crippen molar-refractivity contribution >= 4 is 11.9 Å². The molecule has 1 unspecified atom stereocenters. The third-order valence-corrected chi connectivity index (χ3v) is 10.1. The van der Waals surface area contributed by atoms with Crippen molar-refractivity contribution in [2.45, 2.75) is 232 Å². The van der Waals surface area contributed by atoms with Crippen LogP contribution in [-0.2, 0) is 19.1 Å². The first kappa shape index (κ1) is 47.9. The van der Waals surface area contributed by atoms with Crippen LogP contribution in [-0.4, -0.2) is 60.9 Å². The Hall–Kier alpha value is -1.14. The molecule has 0 aromatic heterocycles. The zero-order chi connectivity index (χ0) is 35.9. The molecule has 0 aromatic rings. The van der Waals surface area contributed by atoms with Gasteiger partial charge < -0.3 is 14.6 Å². The van der Waals surface area contributed by atoms with Crippen LogP contribution in [0.5, 0.6) is 0 Å². The van der Waals surface area contributed by atoms with Gasteiger partial charge in [-0.25, -0.2) is 0 Å². The second-order valence-electron chi connectivity index (χ2n) is 14.9. The lowest BCUT2D eigenvalue weighted by atomic mass is 10.0. The van der Waals surface area contributed by atoms with E-state index < -0.39 is 0 Å². The van der Waals surface area contributed by atoms with E-state index in [9.17, 15) is 14.7 Å². The number of hydrogen-bond acceptors (Lipinski definition) is 6. The molecule has 0 heterocycles. The Morgan fingerprint density at radius 3 is 0.939 bits per heavy atom. The van der Waals surface area contributed by atoms with Gasteiger partial charge in [0.1, 0.15) is 13.2 Å². The number of hydrogen-bond donors (Lipinski definition) is 1. The molecule has 1 N–H and O–H groups in total. The Kier molecular flexibility index (Phi) is 38.7. The predicted octanol–water partition coefficient (Wildman–Crippen LogP) is 12.3. The fourth-order valence-corrected chi connectivity index (χ4v) is 6.65. The first-order valence-corrected chi connectivity index (χ1v) is 21.7. The lowest BCUT2D eigenvalue weighted by molar-refractivity contribution is -0.144. The molecular weight excluding hydrogens is 610 g/mol. The monoisotopic (exact) mass is 696 g/mol. The number of carbonyl (C=O) groups excluding carboxylic acids is 2. The fraction of sp³-hybridized carbons (Fsp3) is 0.953. The van der Waals surface area contributed by atoms with Gasteiger partial charge in [0, 0.05) is 32.0 Å². The molecule has 0 spiro atoms. The summed E-state index contributed by atoms with van der Waals surface area (Å²) in [4.78, 5) is 26.5. The standard InChI is InChI=1S/C43H85NO5/c1-4-6-8-10-12-14-16-18-20-22-24-26-28-30-32-34-42(46)48-38-36-44(41(3)40-45)37-39-49-43(47)35-33-31-29-27-25-23-21-19-17-15-13-11-9-7-5-2/h41,45H,4-40H2,1-3H3. The number of ether oxygens (including phenoxy) is 2. The number of rotatable bonds is 40. The van der Waals surface area contributed by atoms with Crippen molar-refractivity contribution in [3.05, 3.63) is 0 Å². The van der Waals surface area contributed by atoms with Gasteiger partial charge in [-0.05, 0) is 19.8 Å². The summed E-state index contributed by atoms with van der Waals surface area (Å²) < 4.78 is 11.0. The average molecular weight is 696 g/mol. The van der Waals surface area contributed by atoms with Crippen LogP contribution in [0.1, 0.15) is 226 Å². The SMILES string of the molecule is CCCCCCCCCCCCCCCCCC(=O)OCCN(CCOC(=O)CCCCCCCCCCCCCCCCC)C(C)CO. The van der Waals surface area contributed by atoms with Crippen molar-refractivity contribution in [1.82, 2.24) is 4.90 Å². The summed E-state index contributed by atoms with van der Waals surface area (Å²) in [5, 5.41) is 9.67. The van der Waals surface area contributed by atoms with Crippen molar-refractivity contribution in [2.24, 2.45) is 0 Å². The normalized spacial score (nSPS) is 12.1. The summed E-state index contributed by atoms with van der Waals surface area (Å²) in [6.07, 6.45) is 40.2. The fourth-order valence-electron chi connectivity index (χ4n) is 6.65. The molecule has 49 heavy (non-hydrogen) atoms. The molecule has 0 amide bonds. The second-order valence-corrected chi connectivity index (χ2v) is 14.9. The van der Waals surface area contributed by atoms with Crippen molar-refractivity contribution in [3.8, 4) is 0 Å². The summed E-state index contributed by atoms with van der Waals surface area (Å²) in [6.45, 7) is 8.17. The second kappa shape index (κ2) is 39.6. The molecule has 0 bridgehead atoms. The van der Waals surface area contributed by atoms with Crippen LogP contribution >= 0.6 is 0 Å². The first-order chi connectivity index (χ1) is 24.0. The zero-order valence-electron chi connectivity index (χ0n) is 33.3. The van der Waals surface area contributed by atoms with Gasteiger partial charge in [-0.1, -0.05) is 194 Å². The molecule has 292 valence electrons. The Bertz CT molecular complexity index is 635. The number of esters is 2. The molecule has 0 saturated carbocycles. The molecule has 0 aliphatic rings. The topological polar surface area (TPSA) is 76.1 Å². The molecule has 0 fully saturated rings. The van der Waals surface area contributed by atoms with Gasteiger partial charge in [-0.15, -0.1) is 0 Å². The summed E-state index contributed by atoms with van der Waals surface area (Å²) in [6, 6.07) is -0.0801. The van der Waals surface area contributed by atoms with Gasteiger partial charge in [-0.2, -0.15) is 0 Å². The number of aliphatic hydroxyl groups is 1. The molecule has 6 nitrogen and oxygen atoms in total. The van der Waals surface area contributed by atoms with Crippen LogP contribution in [0.15, 0.2) is 0 Å². The molecule has 1 atom stereocenters. The van der Waals surface area contributed by atoms with E-state index in [0.29, 0.717) is 39.1 Å². The summed E-state index contributed by atoms with van der Waals surface area (Å²) in [7, 11) is 0. The van der Waals surface area contributed by atoms with E-state index >= 15 is 0 Å². The van der Waals surface area contributed by atoms with Crippen LogP contribution < -0.4 is 0 Å². The number of carbonyl (C=O) groups is 2. The van der Waals surface area contributed by atoms with Crippen molar-refractivity contribution in [1.29, 1.82) is 0 Å². The van der Waals surface area contributed by atoms with Crippen LogP contribution in [0.4, 0.5) is 0 Å². The summed E-state index contributed by atoms with van der Waals surface area (Å²) in [5.74, 6) is -0.276. The number of unbranched alkanes of at least 4 members (excludes halogenated alkanes) is 28. The third-order valence-electron chi connectivity index (χ3n) is 10.1. The van der Waals surface area contributed by atoms with E-state index in [1.165, 1.54) is 167 Å². The van der Waals surface area contributed by atoms with Crippen LogP contribution in [0.3, 0.4) is 0 Å². The maximum atomic E-state index is 12.2. The average Bonchev–Trinajstić information content (AvgIpc) is 3.10. The quantitative estimate of drug-likeness (QED) is 0.0508. The maximum absolute atomic E-state index is 12.2. The Labute approximate surface area is 305 Å². The van der Waals surface area contributed by atoms with Gasteiger partial charge in [-0.3, -0.25) is 14.5 Å². The van der Waals surface area contributed by atoms with E-state index in [4.69, 9.17) is 9.47 Å². The lowest BCUT2D eigenvalue weighted by Crippen LogP contribution is -2.40. The van der Waals surface area contributed by atoms with E-state index in [1.807, 2.05) is 11.8 Å². The summed E-state index contributed by atoms with van der Waals surface area (Å²) in [5.41, 5.74) is 0. The molecule has 0 rings (SSSR count). The molecule has 6 heteroatoms. The smallest absolute Gasteiger partial charge is 0.305 e. The van der Waals surface area contributed by atoms with Crippen LogP contribution in [0.25, 0.3) is 0 Å². The van der Waals surface area contributed by atoms with Crippen molar-refractivity contribution in [3.63, 3.8) is 0 Å². The van der Waals surface area contributed by atoms with E-state index in [0.717, 1.165) is 25.7 Å². The highest BCUT2D eigenvalue weighted by atomic mass is 16.5. The van der Waals surface area contributed by atoms with Gasteiger partial charge in [0.05, 0.1) is 6.61 Å². The molecular formula is C43H85NO5.